The van der Waals surface area contributed by atoms with E-state index in [-0.39, 0.29) is 21.7 Å². The minimum atomic E-state index is 0.0749. The van der Waals surface area contributed by atoms with E-state index in [0.29, 0.717) is 6.79 Å². The maximum absolute atomic E-state index is 6.04. The van der Waals surface area contributed by atoms with E-state index in [9.17, 15) is 0 Å². The van der Waals surface area contributed by atoms with Crippen LogP contribution in [0.4, 0.5) is 17.1 Å². The Morgan fingerprint density at radius 3 is 1.39 bits per heavy atom. The summed E-state index contributed by atoms with van der Waals surface area (Å²) in [6, 6.07) is 22.9. The molecule has 4 unspecified atom stereocenters. The summed E-state index contributed by atoms with van der Waals surface area (Å²) in [5.74, 6) is 0. The Balaban J connectivity index is 0.000000145. The van der Waals surface area contributed by atoms with Crippen molar-refractivity contribution in [3.05, 3.63) is 122 Å². The second-order valence-electron chi connectivity index (χ2n) is 17.0. The van der Waals surface area contributed by atoms with Gasteiger partial charge < -0.3 is 25.8 Å². The van der Waals surface area contributed by atoms with Crippen LogP contribution in [0.5, 0.6) is 0 Å². The fourth-order valence-electron chi connectivity index (χ4n) is 10.3. The zero-order valence-corrected chi connectivity index (χ0v) is 32.6. The van der Waals surface area contributed by atoms with E-state index in [4.69, 9.17) is 11.5 Å². The van der Waals surface area contributed by atoms with Crippen LogP contribution >= 0.6 is 0 Å². The molecule has 6 nitrogen and oxygen atoms in total. The molecule has 0 saturated carbocycles. The SMILES string of the molecule is CC12CCC(C)(c3ccc(N)cc31)c1cc(N)ccc12.COCOC.Cc1cc2c(cc1C)C1(C)CCC2(C)c2cc3c(cc21)N(C)CN(C)C3. The number of fused-ring (bicyclic) bond motifs is 3. The largest absolute Gasteiger partial charge is 0.399 e. The third-order valence-corrected chi connectivity index (χ3v) is 13.5. The quantitative estimate of drug-likeness (QED) is 0.162. The van der Waals surface area contributed by atoms with Crippen molar-refractivity contribution in [2.75, 3.05) is 58.1 Å². The average Bonchev–Trinajstić information content (AvgIpc) is 3.09. The smallest absolute Gasteiger partial charge is 0.145 e. The molecule has 4 bridgehead atoms. The zero-order valence-electron chi connectivity index (χ0n) is 32.6. The predicted octanol–water partition coefficient (Wildman–Crippen LogP) is 8.67. The van der Waals surface area contributed by atoms with Crippen LogP contribution < -0.4 is 16.4 Å². The lowest BCUT2D eigenvalue weighted by molar-refractivity contribution is -0.00272. The molecular weight excluding hydrogens is 629 g/mol. The number of methoxy groups -OCH3 is 2. The molecule has 11 rings (SSSR count). The molecular formula is C45H58N4O2. The summed E-state index contributed by atoms with van der Waals surface area (Å²) in [7, 11) is 7.62. The monoisotopic (exact) mass is 686 g/mol. The highest BCUT2D eigenvalue weighted by Crippen LogP contribution is 2.61. The summed E-state index contributed by atoms with van der Waals surface area (Å²) < 4.78 is 8.94. The van der Waals surface area contributed by atoms with Crippen LogP contribution in [0.25, 0.3) is 0 Å². The van der Waals surface area contributed by atoms with E-state index < -0.39 is 0 Å². The number of rotatable bonds is 2. The molecule has 0 amide bonds. The van der Waals surface area contributed by atoms with Crippen LogP contribution in [0, 0.1) is 13.8 Å². The van der Waals surface area contributed by atoms with Gasteiger partial charge in [0.15, 0.2) is 0 Å². The van der Waals surface area contributed by atoms with Gasteiger partial charge in [0, 0.05) is 66.5 Å². The van der Waals surface area contributed by atoms with Gasteiger partial charge >= 0.3 is 0 Å². The standard InChI is InChI=1S/C24H30N2.C18H20N2.C3H8O2/c1-15-9-18-19(10-16(15)2)24(4)8-7-23(18,3)20-11-17-13-25(5)14-26(6)22(17)12-21(20)24;1-17-7-8-18(2,14-6-4-11(19)9-15(14)17)16-10-12(20)3-5-13(16)17;1-4-3-5-2/h9-12H,7-8,13-14H2,1-6H3;3-6,9-10H,7-8,19-20H2,1-2H3;3H2,1-2H3. The number of nitrogens with two attached hydrogens (primary N) is 2. The number of aryl methyl sites for hydroxylation is 2. The highest BCUT2D eigenvalue weighted by atomic mass is 16.6. The summed E-state index contributed by atoms with van der Waals surface area (Å²) in [6.45, 7) is 16.6. The van der Waals surface area contributed by atoms with Gasteiger partial charge in [-0.25, -0.2) is 0 Å². The zero-order chi connectivity index (χ0) is 36.7. The lowest BCUT2D eigenvalue weighted by atomic mass is 9.50. The minimum absolute atomic E-state index is 0.0749. The van der Waals surface area contributed by atoms with Crippen molar-refractivity contribution in [3.63, 3.8) is 0 Å². The minimum Gasteiger partial charge on any atom is -0.399 e. The van der Waals surface area contributed by atoms with Crippen molar-refractivity contribution >= 4 is 17.1 Å². The highest BCUT2D eigenvalue weighted by Gasteiger charge is 2.53. The lowest BCUT2D eigenvalue weighted by Gasteiger charge is -2.54. The molecule has 1 heterocycles. The molecule has 0 radical (unpaired) electrons. The van der Waals surface area contributed by atoms with Crippen molar-refractivity contribution in [2.45, 2.75) is 95.4 Å². The molecule has 4 aromatic rings. The van der Waals surface area contributed by atoms with Crippen LogP contribution in [0.3, 0.4) is 0 Å². The van der Waals surface area contributed by atoms with E-state index >= 15 is 0 Å². The Bertz CT molecular complexity index is 1960. The topological polar surface area (TPSA) is 77.0 Å². The van der Waals surface area contributed by atoms with Gasteiger partial charge in [-0.2, -0.15) is 0 Å². The van der Waals surface area contributed by atoms with Crippen LogP contribution in [-0.4, -0.2) is 46.7 Å². The molecule has 4 atom stereocenters. The van der Waals surface area contributed by atoms with Crippen LogP contribution in [-0.2, 0) is 37.7 Å². The number of nitrogens with zero attached hydrogens (tertiary/aromatic N) is 2. The molecule has 0 spiro atoms. The molecule has 6 heteroatoms. The van der Waals surface area contributed by atoms with Crippen molar-refractivity contribution in [3.8, 4) is 0 Å². The molecule has 4 aromatic carbocycles. The van der Waals surface area contributed by atoms with Crippen LogP contribution in [0.15, 0.2) is 60.7 Å². The van der Waals surface area contributed by atoms with Crippen LogP contribution in [0.2, 0.25) is 0 Å². The maximum atomic E-state index is 6.04. The van der Waals surface area contributed by atoms with Gasteiger partial charge in [0.1, 0.15) is 6.79 Å². The highest BCUT2D eigenvalue weighted by molar-refractivity contribution is 5.70. The molecule has 270 valence electrons. The third-order valence-electron chi connectivity index (χ3n) is 13.5. The van der Waals surface area contributed by atoms with Gasteiger partial charge in [-0.1, -0.05) is 58.0 Å². The number of nitrogen functional groups attached to an aromatic ring is 2. The Labute approximate surface area is 306 Å². The van der Waals surface area contributed by atoms with Gasteiger partial charge in [-0.3, -0.25) is 4.90 Å². The fourth-order valence-corrected chi connectivity index (χ4v) is 10.3. The van der Waals surface area contributed by atoms with E-state index in [2.05, 4.69) is 123 Å². The number of anilines is 3. The first-order chi connectivity index (χ1) is 24.1. The van der Waals surface area contributed by atoms with E-state index in [1.165, 1.54) is 70.3 Å². The number of hydrogen-bond donors (Lipinski definition) is 2. The summed E-state index contributed by atoms with van der Waals surface area (Å²) in [4.78, 5) is 4.82. The molecule has 7 aliphatic rings. The molecule has 1 aliphatic heterocycles. The Morgan fingerprint density at radius 2 is 0.961 bits per heavy atom. The van der Waals surface area contributed by atoms with Crippen LogP contribution in [0.1, 0.15) is 115 Å². The first-order valence-electron chi connectivity index (χ1n) is 18.6. The summed E-state index contributed by atoms with van der Waals surface area (Å²) in [6.07, 6.45) is 4.87. The number of ether oxygens (including phenoxy) is 2. The maximum Gasteiger partial charge on any atom is 0.145 e. The van der Waals surface area contributed by atoms with E-state index in [1.54, 1.807) is 36.5 Å². The van der Waals surface area contributed by atoms with Crippen molar-refractivity contribution < 1.29 is 9.47 Å². The normalized spacial score (nSPS) is 27.5. The van der Waals surface area contributed by atoms with Gasteiger partial charge in [0.05, 0.1) is 6.67 Å². The predicted molar refractivity (Wildman–Crippen MR) is 212 cm³/mol. The number of benzene rings is 4. The van der Waals surface area contributed by atoms with Gasteiger partial charge in [0.2, 0.25) is 0 Å². The summed E-state index contributed by atoms with van der Waals surface area (Å²) in [5.41, 5.74) is 32.0. The summed E-state index contributed by atoms with van der Waals surface area (Å²) in [5, 5.41) is 0. The molecule has 4 N–H and O–H groups in total. The van der Waals surface area contributed by atoms with Crippen molar-refractivity contribution in [2.24, 2.45) is 0 Å². The second-order valence-corrected chi connectivity index (χ2v) is 17.0. The molecule has 0 saturated heterocycles. The van der Waals surface area contributed by atoms with Crippen molar-refractivity contribution in [1.82, 2.24) is 4.90 Å². The summed E-state index contributed by atoms with van der Waals surface area (Å²) >= 11 is 0. The third kappa shape index (κ3) is 5.31. The Kier molecular flexibility index (Phi) is 8.64. The second kappa shape index (κ2) is 12.4. The average molecular weight is 687 g/mol. The molecule has 0 fully saturated rings. The van der Waals surface area contributed by atoms with E-state index in [0.717, 1.165) is 24.6 Å². The van der Waals surface area contributed by atoms with Gasteiger partial charge in [-0.05, 0) is 138 Å². The molecule has 51 heavy (non-hydrogen) atoms. The van der Waals surface area contributed by atoms with Gasteiger partial charge in [0.25, 0.3) is 0 Å². The first-order valence-corrected chi connectivity index (χ1v) is 18.6. The Hall–Kier alpha value is -3.84. The number of hydrogen-bond acceptors (Lipinski definition) is 6. The fraction of sp³-hybridized carbons (Fsp3) is 0.467. The lowest BCUT2D eigenvalue weighted by Crippen LogP contribution is -2.47. The van der Waals surface area contributed by atoms with Gasteiger partial charge in [-0.15, -0.1) is 0 Å². The Morgan fingerprint density at radius 1 is 0.569 bits per heavy atom. The van der Waals surface area contributed by atoms with Crippen molar-refractivity contribution in [1.29, 1.82) is 0 Å². The first kappa shape index (κ1) is 35.6. The molecule has 6 aliphatic carbocycles. The van der Waals surface area contributed by atoms with E-state index in [1.807, 2.05) is 12.1 Å². The molecule has 0 aromatic heterocycles.